The van der Waals surface area contributed by atoms with Gasteiger partial charge < -0.3 is 14.7 Å². The highest BCUT2D eigenvalue weighted by molar-refractivity contribution is 6.08. The van der Waals surface area contributed by atoms with E-state index in [0.29, 0.717) is 18.5 Å². The topological polar surface area (TPSA) is 66.8 Å². The quantitative estimate of drug-likeness (QED) is 0.946. The second-order valence-electron chi connectivity index (χ2n) is 5.79. The number of hydrogen-bond donors (Lipinski definition) is 1. The lowest BCUT2D eigenvalue weighted by Gasteiger charge is -2.31. The number of benzene rings is 2. The fourth-order valence-corrected chi connectivity index (χ4v) is 3.17. The highest BCUT2D eigenvalue weighted by Gasteiger charge is 2.29. The number of likely N-dealkylation sites (tertiary alicyclic amines) is 1. The Morgan fingerprint density at radius 1 is 1.17 bits per heavy atom. The fourth-order valence-electron chi connectivity index (χ4n) is 3.17. The Bertz CT molecular complexity index is 756. The summed E-state index contributed by atoms with van der Waals surface area (Å²) in [6.45, 7) is 0.873. The molecule has 1 fully saturated rings. The van der Waals surface area contributed by atoms with E-state index in [9.17, 15) is 14.7 Å². The van der Waals surface area contributed by atoms with Crippen LogP contribution in [-0.4, -0.2) is 42.1 Å². The van der Waals surface area contributed by atoms with Gasteiger partial charge in [-0.05, 0) is 30.4 Å². The van der Waals surface area contributed by atoms with Gasteiger partial charge >= 0.3 is 5.97 Å². The molecule has 5 nitrogen and oxygen atoms in total. The van der Waals surface area contributed by atoms with Gasteiger partial charge in [0.15, 0.2) is 0 Å². The number of aliphatic carboxylic acids is 1. The monoisotopic (exact) mass is 313 g/mol. The molecule has 23 heavy (non-hydrogen) atoms. The maximum atomic E-state index is 12.9. The van der Waals surface area contributed by atoms with E-state index in [-0.39, 0.29) is 12.5 Å². The van der Waals surface area contributed by atoms with Crippen molar-refractivity contribution < 1.29 is 19.4 Å². The molecule has 0 aromatic heterocycles. The number of carboxylic acid groups (broad SMARTS) is 1. The molecular weight excluding hydrogens is 294 g/mol. The second kappa shape index (κ2) is 6.28. The number of carbonyl (C=O) groups is 2. The van der Waals surface area contributed by atoms with Crippen molar-refractivity contribution in [3.63, 3.8) is 0 Å². The predicted molar refractivity (Wildman–Crippen MR) is 86.8 cm³/mol. The first-order valence-corrected chi connectivity index (χ1v) is 7.69. The summed E-state index contributed by atoms with van der Waals surface area (Å²) in [5.41, 5.74) is 0.590. The number of ether oxygens (including phenoxy) is 1. The molecule has 1 aliphatic heterocycles. The Morgan fingerprint density at radius 2 is 1.91 bits per heavy atom. The summed E-state index contributed by atoms with van der Waals surface area (Å²) >= 11 is 0. The van der Waals surface area contributed by atoms with Crippen LogP contribution in [0.25, 0.3) is 10.8 Å². The number of carbonyl (C=O) groups excluding carboxylic acids is 1. The van der Waals surface area contributed by atoms with Crippen molar-refractivity contribution in [2.45, 2.75) is 12.8 Å². The van der Waals surface area contributed by atoms with Gasteiger partial charge in [0.25, 0.3) is 5.91 Å². The molecule has 0 saturated carbocycles. The molecule has 0 spiro atoms. The molecule has 5 heteroatoms. The summed E-state index contributed by atoms with van der Waals surface area (Å²) in [5, 5.41) is 10.9. The molecule has 0 aliphatic carbocycles. The summed E-state index contributed by atoms with van der Waals surface area (Å²) in [6.07, 6.45) is 1.35. The molecule has 120 valence electrons. The van der Waals surface area contributed by atoms with Crippen molar-refractivity contribution in [3.8, 4) is 5.75 Å². The van der Waals surface area contributed by atoms with Crippen LogP contribution in [0.2, 0.25) is 0 Å². The minimum Gasteiger partial charge on any atom is -0.496 e. The van der Waals surface area contributed by atoms with Gasteiger partial charge in [-0.25, -0.2) is 0 Å². The molecule has 1 heterocycles. The van der Waals surface area contributed by atoms with E-state index in [2.05, 4.69) is 0 Å². The Kier molecular flexibility index (Phi) is 4.19. The largest absolute Gasteiger partial charge is 0.496 e. The molecule has 2 aromatic rings. The zero-order chi connectivity index (χ0) is 16.4. The average Bonchev–Trinajstić information content (AvgIpc) is 2.60. The van der Waals surface area contributed by atoms with Gasteiger partial charge in [-0.1, -0.05) is 24.3 Å². The summed E-state index contributed by atoms with van der Waals surface area (Å²) in [4.78, 5) is 25.7. The van der Waals surface area contributed by atoms with Crippen LogP contribution < -0.4 is 4.74 Å². The van der Waals surface area contributed by atoms with Gasteiger partial charge in [-0.3, -0.25) is 9.59 Å². The number of nitrogens with zero attached hydrogens (tertiary/aromatic N) is 1. The molecule has 2 aromatic carbocycles. The van der Waals surface area contributed by atoms with Gasteiger partial charge in [0.05, 0.1) is 13.0 Å². The molecule has 1 saturated heterocycles. The van der Waals surface area contributed by atoms with E-state index in [4.69, 9.17) is 4.74 Å². The average molecular weight is 313 g/mol. The van der Waals surface area contributed by atoms with Crippen LogP contribution in [0.15, 0.2) is 36.4 Å². The molecule has 0 radical (unpaired) electrons. The number of amides is 1. The maximum Gasteiger partial charge on any atom is 0.308 e. The second-order valence-corrected chi connectivity index (χ2v) is 5.79. The zero-order valence-electron chi connectivity index (χ0n) is 13.0. The first-order valence-electron chi connectivity index (χ1n) is 7.69. The van der Waals surface area contributed by atoms with Gasteiger partial charge in [-0.15, -0.1) is 0 Å². The lowest BCUT2D eigenvalue weighted by molar-refractivity contribution is -0.143. The number of hydrogen-bond acceptors (Lipinski definition) is 3. The van der Waals surface area contributed by atoms with Crippen molar-refractivity contribution in [3.05, 3.63) is 42.0 Å². The van der Waals surface area contributed by atoms with Crippen LogP contribution in [0.1, 0.15) is 23.2 Å². The molecule has 0 unspecified atom stereocenters. The van der Waals surface area contributed by atoms with E-state index < -0.39 is 11.9 Å². The lowest BCUT2D eigenvalue weighted by Crippen LogP contribution is -2.42. The lowest BCUT2D eigenvalue weighted by atomic mass is 9.96. The highest BCUT2D eigenvalue weighted by atomic mass is 16.5. The number of rotatable bonds is 3. The zero-order valence-corrected chi connectivity index (χ0v) is 13.0. The van der Waals surface area contributed by atoms with Crippen molar-refractivity contribution >= 4 is 22.6 Å². The Morgan fingerprint density at radius 3 is 2.61 bits per heavy atom. The standard InChI is InChI=1S/C18H19NO4/c1-23-16-9-8-15(13-6-2-3-7-14(13)16)17(20)19-10-4-5-12(11-19)18(21)22/h2-3,6-9,12H,4-5,10-11H2,1H3,(H,21,22)/t12-/m1/s1. The Balaban J connectivity index is 1.97. The van der Waals surface area contributed by atoms with Gasteiger partial charge in [0, 0.05) is 24.0 Å². The number of piperidine rings is 1. The van der Waals surface area contributed by atoms with Gasteiger partial charge in [-0.2, -0.15) is 0 Å². The maximum absolute atomic E-state index is 12.9. The molecule has 1 aliphatic rings. The van der Waals surface area contributed by atoms with E-state index in [1.807, 2.05) is 24.3 Å². The van der Waals surface area contributed by atoms with Crippen LogP contribution in [0, 0.1) is 5.92 Å². The Labute approximate surface area is 134 Å². The first kappa shape index (κ1) is 15.3. The SMILES string of the molecule is COc1ccc(C(=O)N2CCC[C@@H](C(=O)O)C2)c2ccccc12. The van der Waals surface area contributed by atoms with Crippen molar-refractivity contribution in [1.82, 2.24) is 4.90 Å². The normalized spacial score (nSPS) is 18.0. The van der Waals surface area contributed by atoms with E-state index in [1.165, 1.54) is 0 Å². The smallest absolute Gasteiger partial charge is 0.308 e. The number of carboxylic acids is 1. The number of methoxy groups -OCH3 is 1. The number of fused-ring (bicyclic) bond motifs is 1. The minimum absolute atomic E-state index is 0.116. The van der Waals surface area contributed by atoms with Crippen LogP contribution in [0.5, 0.6) is 5.75 Å². The Hall–Kier alpha value is -2.56. The summed E-state index contributed by atoms with van der Waals surface area (Å²) < 4.78 is 5.35. The van der Waals surface area contributed by atoms with Crippen molar-refractivity contribution in [2.24, 2.45) is 5.92 Å². The van der Waals surface area contributed by atoms with Crippen LogP contribution in [-0.2, 0) is 4.79 Å². The molecule has 3 rings (SSSR count). The van der Waals surface area contributed by atoms with Crippen LogP contribution >= 0.6 is 0 Å². The van der Waals surface area contributed by atoms with Crippen molar-refractivity contribution in [2.75, 3.05) is 20.2 Å². The molecule has 1 N–H and O–H groups in total. The van der Waals surface area contributed by atoms with E-state index in [0.717, 1.165) is 22.9 Å². The first-order chi connectivity index (χ1) is 11.1. The summed E-state index contributed by atoms with van der Waals surface area (Å²) in [7, 11) is 1.60. The predicted octanol–water partition coefficient (Wildman–Crippen LogP) is 2.79. The third kappa shape index (κ3) is 2.86. The van der Waals surface area contributed by atoms with Gasteiger partial charge in [0.2, 0.25) is 0 Å². The van der Waals surface area contributed by atoms with Crippen LogP contribution in [0.3, 0.4) is 0 Å². The minimum atomic E-state index is -0.831. The van der Waals surface area contributed by atoms with E-state index in [1.54, 1.807) is 24.1 Å². The molecule has 1 amide bonds. The highest BCUT2D eigenvalue weighted by Crippen LogP contribution is 2.30. The van der Waals surface area contributed by atoms with Gasteiger partial charge in [0.1, 0.15) is 5.75 Å². The van der Waals surface area contributed by atoms with Crippen LogP contribution in [0.4, 0.5) is 0 Å². The van der Waals surface area contributed by atoms with E-state index >= 15 is 0 Å². The molecule has 0 bridgehead atoms. The summed E-state index contributed by atoms with van der Waals surface area (Å²) in [6, 6.07) is 11.1. The fraction of sp³-hybridized carbons (Fsp3) is 0.333. The third-order valence-electron chi connectivity index (χ3n) is 4.39. The third-order valence-corrected chi connectivity index (χ3v) is 4.39. The van der Waals surface area contributed by atoms with Crippen molar-refractivity contribution in [1.29, 1.82) is 0 Å². The summed E-state index contributed by atoms with van der Waals surface area (Å²) in [5.74, 6) is -0.701. The molecular formula is C18H19NO4. The molecule has 1 atom stereocenters.